The van der Waals surface area contributed by atoms with E-state index >= 15 is 0 Å². The maximum absolute atomic E-state index is 9.65. The van der Waals surface area contributed by atoms with E-state index in [0.717, 1.165) is 24.5 Å². The van der Waals surface area contributed by atoms with Gasteiger partial charge in [-0.1, -0.05) is 13.8 Å². The van der Waals surface area contributed by atoms with Crippen LogP contribution in [0.2, 0.25) is 0 Å². The van der Waals surface area contributed by atoms with Crippen LogP contribution in [0.1, 0.15) is 20.3 Å². The van der Waals surface area contributed by atoms with Crippen molar-refractivity contribution >= 4 is 0 Å². The Morgan fingerprint density at radius 3 is 2.42 bits per heavy atom. The number of nitrogens with one attached hydrogen (secondary N) is 1. The summed E-state index contributed by atoms with van der Waals surface area (Å²) in [4.78, 5) is 0. The average molecular weight is 265 g/mol. The van der Waals surface area contributed by atoms with Gasteiger partial charge in [-0.3, -0.25) is 0 Å². The van der Waals surface area contributed by atoms with E-state index in [9.17, 15) is 5.11 Å². The van der Waals surface area contributed by atoms with Crippen LogP contribution in [0.4, 0.5) is 0 Å². The molecule has 2 rings (SSSR count). The molecule has 0 heterocycles. The predicted molar refractivity (Wildman–Crippen MR) is 74.7 cm³/mol. The van der Waals surface area contributed by atoms with E-state index in [1.165, 1.54) is 0 Å². The van der Waals surface area contributed by atoms with Crippen LogP contribution < -0.4 is 14.8 Å². The summed E-state index contributed by atoms with van der Waals surface area (Å²) in [7, 11) is 1.65. The van der Waals surface area contributed by atoms with E-state index in [1.807, 2.05) is 24.3 Å². The third-order valence-corrected chi connectivity index (χ3v) is 4.04. The Bertz CT molecular complexity index is 402. The zero-order chi connectivity index (χ0) is 13.9. The number of hydrogen-bond acceptors (Lipinski definition) is 4. The molecule has 1 saturated carbocycles. The van der Waals surface area contributed by atoms with Gasteiger partial charge in [0.15, 0.2) is 0 Å². The SMILES string of the molecule is COc1ccc(OCCNC2CC(O)C2(C)C)cc1. The van der Waals surface area contributed by atoms with Crippen LogP contribution >= 0.6 is 0 Å². The minimum atomic E-state index is -0.187. The molecule has 1 fully saturated rings. The first-order chi connectivity index (χ1) is 9.04. The smallest absolute Gasteiger partial charge is 0.119 e. The quantitative estimate of drug-likeness (QED) is 0.770. The highest BCUT2D eigenvalue weighted by Crippen LogP contribution is 2.40. The number of aliphatic hydroxyl groups excluding tert-OH is 1. The predicted octanol–water partition coefficient (Wildman–Crippen LogP) is 1.82. The third kappa shape index (κ3) is 3.19. The molecule has 19 heavy (non-hydrogen) atoms. The van der Waals surface area contributed by atoms with Crippen LogP contribution in [-0.2, 0) is 0 Å². The van der Waals surface area contributed by atoms with Gasteiger partial charge in [-0.05, 0) is 30.7 Å². The van der Waals surface area contributed by atoms with Crippen molar-refractivity contribution in [2.75, 3.05) is 20.3 Å². The summed E-state index contributed by atoms with van der Waals surface area (Å²) in [6.07, 6.45) is 0.641. The molecule has 0 radical (unpaired) electrons. The van der Waals surface area contributed by atoms with Gasteiger partial charge in [-0.2, -0.15) is 0 Å². The standard InChI is InChI=1S/C15H23NO3/c1-15(2)13(10-14(15)17)16-8-9-19-12-6-4-11(18-3)5-7-12/h4-7,13-14,16-17H,8-10H2,1-3H3. The Labute approximate surface area is 114 Å². The van der Waals surface area contributed by atoms with Gasteiger partial charge >= 0.3 is 0 Å². The van der Waals surface area contributed by atoms with Crippen molar-refractivity contribution < 1.29 is 14.6 Å². The highest BCUT2D eigenvalue weighted by Gasteiger charge is 2.46. The fraction of sp³-hybridized carbons (Fsp3) is 0.600. The zero-order valence-electron chi connectivity index (χ0n) is 11.8. The lowest BCUT2D eigenvalue weighted by Gasteiger charge is -2.49. The number of benzene rings is 1. The van der Waals surface area contributed by atoms with Crippen LogP contribution in [0.15, 0.2) is 24.3 Å². The second kappa shape index (κ2) is 5.80. The van der Waals surface area contributed by atoms with Gasteiger partial charge in [0, 0.05) is 18.0 Å². The summed E-state index contributed by atoms with van der Waals surface area (Å²) >= 11 is 0. The lowest BCUT2D eigenvalue weighted by molar-refractivity contribution is -0.0728. The average Bonchev–Trinajstić information content (AvgIpc) is 2.43. The molecule has 0 saturated heterocycles. The number of rotatable bonds is 6. The van der Waals surface area contributed by atoms with Gasteiger partial charge in [-0.25, -0.2) is 0 Å². The van der Waals surface area contributed by atoms with Crippen LogP contribution in [0.3, 0.4) is 0 Å². The number of methoxy groups -OCH3 is 1. The van der Waals surface area contributed by atoms with Gasteiger partial charge < -0.3 is 19.9 Å². The Balaban J connectivity index is 1.67. The van der Waals surface area contributed by atoms with Gasteiger partial charge in [-0.15, -0.1) is 0 Å². The zero-order valence-corrected chi connectivity index (χ0v) is 11.8. The second-order valence-corrected chi connectivity index (χ2v) is 5.60. The lowest BCUT2D eigenvalue weighted by atomic mass is 9.64. The molecule has 1 aliphatic carbocycles. The first-order valence-corrected chi connectivity index (χ1v) is 6.72. The Morgan fingerprint density at radius 2 is 1.89 bits per heavy atom. The summed E-state index contributed by atoms with van der Waals surface area (Å²) in [5.41, 5.74) is -0.0277. The molecule has 0 aliphatic heterocycles. The molecule has 1 aromatic rings. The minimum absolute atomic E-state index is 0.0277. The summed E-state index contributed by atoms with van der Waals surface area (Å²) < 4.78 is 10.7. The minimum Gasteiger partial charge on any atom is -0.497 e. The highest BCUT2D eigenvalue weighted by molar-refractivity contribution is 5.31. The Hall–Kier alpha value is -1.26. The first kappa shape index (κ1) is 14.2. The number of aliphatic hydroxyl groups is 1. The van der Waals surface area contributed by atoms with E-state index < -0.39 is 0 Å². The van der Waals surface area contributed by atoms with E-state index in [1.54, 1.807) is 7.11 Å². The molecular weight excluding hydrogens is 242 g/mol. The topological polar surface area (TPSA) is 50.7 Å². The first-order valence-electron chi connectivity index (χ1n) is 6.72. The monoisotopic (exact) mass is 265 g/mol. The molecule has 1 aliphatic rings. The molecule has 4 heteroatoms. The largest absolute Gasteiger partial charge is 0.497 e. The van der Waals surface area contributed by atoms with Crippen molar-refractivity contribution in [3.05, 3.63) is 24.3 Å². The van der Waals surface area contributed by atoms with Crippen molar-refractivity contribution in [2.24, 2.45) is 5.41 Å². The third-order valence-electron chi connectivity index (χ3n) is 4.04. The molecule has 0 spiro atoms. The number of ether oxygens (including phenoxy) is 2. The van der Waals surface area contributed by atoms with Crippen LogP contribution in [0.25, 0.3) is 0 Å². The van der Waals surface area contributed by atoms with Gasteiger partial charge in [0.1, 0.15) is 18.1 Å². The highest BCUT2D eigenvalue weighted by atomic mass is 16.5. The van der Waals surface area contributed by atoms with E-state index in [2.05, 4.69) is 19.2 Å². The van der Waals surface area contributed by atoms with Crippen molar-refractivity contribution in [3.8, 4) is 11.5 Å². The summed E-state index contributed by atoms with van der Waals surface area (Å²) in [5.74, 6) is 1.67. The molecule has 2 atom stereocenters. The van der Waals surface area contributed by atoms with Gasteiger partial charge in [0.05, 0.1) is 13.2 Å². The van der Waals surface area contributed by atoms with Gasteiger partial charge in [0.25, 0.3) is 0 Å². The fourth-order valence-electron chi connectivity index (χ4n) is 2.32. The maximum Gasteiger partial charge on any atom is 0.119 e. The fourth-order valence-corrected chi connectivity index (χ4v) is 2.32. The maximum atomic E-state index is 9.65. The molecule has 0 aromatic heterocycles. The molecule has 2 N–H and O–H groups in total. The number of hydrogen-bond donors (Lipinski definition) is 2. The van der Waals surface area contributed by atoms with Crippen LogP contribution in [-0.4, -0.2) is 37.5 Å². The molecule has 0 amide bonds. The lowest BCUT2D eigenvalue weighted by Crippen LogP contribution is -2.60. The molecule has 0 bridgehead atoms. The molecule has 106 valence electrons. The van der Waals surface area contributed by atoms with E-state index in [-0.39, 0.29) is 11.5 Å². The van der Waals surface area contributed by atoms with Crippen molar-refractivity contribution in [1.82, 2.24) is 5.32 Å². The Morgan fingerprint density at radius 1 is 1.26 bits per heavy atom. The van der Waals surface area contributed by atoms with Crippen LogP contribution in [0, 0.1) is 5.41 Å². The molecule has 1 aromatic carbocycles. The molecule has 4 nitrogen and oxygen atoms in total. The summed E-state index contributed by atoms with van der Waals surface area (Å²) in [6, 6.07) is 7.94. The normalized spacial score (nSPS) is 24.6. The molecule has 2 unspecified atom stereocenters. The van der Waals surface area contributed by atoms with Crippen molar-refractivity contribution in [3.63, 3.8) is 0 Å². The molecular formula is C15H23NO3. The van der Waals surface area contributed by atoms with E-state index in [4.69, 9.17) is 9.47 Å². The van der Waals surface area contributed by atoms with Crippen molar-refractivity contribution in [1.29, 1.82) is 0 Å². The summed E-state index contributed by atoms with van der Waals surface area (Å²) in [5, 5.41) is 13.1. The summed E-state index contributed by atoms with van der Waals surface area (Å²) in [6.45, 7) is 5.58. The van der Waals surface area contributed by atoms with Crippen LogP contribution in [0.5, 0.6) is 11.5 Å². The van der Waals surface area contributed by atoms with Crippen molar-refractivity contribution in [2.45, 2.75) is 32.4 Å². The second-order valence-electron chi connectivity index (χ2n) is 5.60. The Kier molecular flexibility index (Phi) is 4.32. The van der Waals surface area contributed by atoms with E-state index in [0.29, 0.717) is 12.6 Å². The van der Waals surface area contributed by atoms with Gasteiger partial charge in [0.2, 0.25) is 0 Å².